The highest BCUT2D eigenvalue weighted by atomic mass is 32.2. The monoisotopic (exact) mass is 418 g/mol. The van der Waals surface area contributed by atoms with Crippen LogP contribution in [0.2, 0.25) is 0 Å². The Kier molecular flexibility index (Phi) is 6.58. The largest absolute Gasteiger partial charge is 0.396 e. The molecule has 0 aliphatic carbocycles. The van der Waals surface area contributed by atoms with Gasteiger partial charge in [0.15, 0.2) is 5.82 Å². The zero-order valence-corrected chi connectivity index (χ0v) is 17.1. The van der Waals surface area contributed by atoms with Gasteiger partial charge in [0, 0.05) is 41.4 Å². The SMILES string of the molecule is OCCCNc1cc(Sc2cccnc2)cc(Nc2cc(-c3ccccc3)[nH]n2)n1. The van der Waals surface area contributed by atoms with Gasteiger partial charge >= 0.3 is 0 Å². The predicted molar refractivity (Wildman–Crippen MR) is 120 cm³/mol. The first-order valence-corrected chi connectivity index (χ1v) is 10.4. The number of hydrogen-bond donors (Lipinski definition) is 4. The minimum Gasteiger partial charge on any atom is -0.396 e. The van der Waals surface area contributed by atoms with Gasteiger partial charge in [-0.25, -0.2) is 4.98 Å². The number of anilines is 3. The van der Waals surface area contributed by atoms with E-state index in [4.69, 9.17) is 5.11 Å². The summed E-state index contributed by atoms with van der Waals surface area (Å²) in [6, 6.07) is 19.9. The first-order chi connectivity index (χ1) is 14.8. The summed E-state index contributed by atoms with van der Waals surface area (Å²) in [5, 5.41) is 23.0. The summed E-state index contributed by atoms with van der Waals surface area (Å²) in [6.45, 7) is 0.780. The molecule has 0 aliphatic rings. The summed E-state index contributed by atoms with van der Waals surface area (Å²) in [7, 11) is 0. The van der Waals surface area contributed by atoms with Gasteiger partial charge in [-0.2, -0.15) is 5.10 Å². The standard InChI is InChI=1S/C22H22N6OS/c29-11-5-10-24-20-12-18(30-17-8-4-9-23-15-17)13-21(25-20)26-22-14-19(27-28-22)16-6-2-1-3-7-16/h1-4,6-9,12-15,29H,5,10-11H2,(H3,24,25,26,27,28). The quantitative estimate of drug-likeness (QED) is 0.296. The molecule has 0 unspecified atom stereocenters. The van der Waals surface area contributed by atoms with Gasteiger partial charge in [0.25, 0.3) is 0 Å². The third-order valence-corrected chi connectivity index (χ3v) is 5.18. The minimum atomic E-state index is 0.137. The first kappa shape index (κ1) is 19.9. The molecule has 4 rings (SSSR count). The van der Waals surface area contributed by atoms with Crippen molar-refractivity contribution in [1.82, 2.24) is 20.2 Å². The number of nitrogens with zero attached hydrogens (tertiary/aromatic N) is 3. The van der Waals surface area contributed by atoms with E-state index in [0.29, 0.717) is 24.6 Å². The minimum absolute atomic E-state index is 0.137. The molecule has 7 nitrogen and oxygen atoms in total. The maximum absolute atomic E-state index is 9.04. The van der Waals surface area contributed by atoms with Crippen molar-refractivity contribution in [2.45, 2.75) is 16.2 Å². The Morgan fingerprint density at radius 3 is 2.60 bits per heavy atom. The second kappa shape index (κ2) is 9.91. The molecule has 0 amide bonds. The van der Waals surface area contributed by atoms with Gasteiger partial charge in [-0.1, -0.05) is 42.1 Å². The highest BCUT2D eigenvalue weighted by Crippen LogP contribution is 2.31. The fourth-order valence-corrected chi connectivity index (χ4v) is 3.71. The Morgan fingerprint density at radius 2 is 1.80 bits per heavy atom. The van der Waals surface area contributed by atoms with Crippen LogP contribution in [0.5, 0.6) is 0 Å². The van der Waals surface area contributed by atoms with Gasteiger partial charge in [-0.05, 0) is 36.2 Å². The molecule has 8 heteroatoms. The van der Waals surface area contributed by atoms with Crippen LogP contribution in [-0.2, 0) is 0 Å². The lowest BCUT2D eigenvalue weighted by Gasteiger charge is -2.11. The van der Waals surface area contributed by atoms with Crippen molar-refractivity contribution in [3.05, 3.63) is 73.1 Å². The molecule has 1 aromatic carbocycles. The molecular weight excluding hydrogens is 396 g/mol. The molecule has 30 heavy (non-hydrogen) atoms. The third-order valence-electron chi connectivity index (χ3n) is 4.23. The third kappa shape index (κ3) is 5.37. The number of H-pyrrole nitrogens is 1. The number of aromatic amines is 1. The van der Waals surface area contributed by atoms with E-state index in [0.717, 1.165) is 26.9 Å². The van der Waals surface area contributed by atoms with E-state index in [2.05, 4.69) is 30.8 Å². The summed E-state index contributed by atoms with van der Waals surface area (Å²) < 4.78 is 0. The Labute approximate surface area is 179 Å². The number of aromatic nitrogens is 4. The molecule has 0 aliphatic heterocycles. The lowest BCUT2D eigenvalue weighted by Crippen LogP contribution is -2.06. The highest BCUT2D eigenvalue weighted by Gasteiger charge is 2.08. The number of nitrogens with one attached hydrogen (secondary N) is 3. The maximum Gasteiger partial charge on any atom is 0.153 e. The van der Waals surface area contributed by atoms with Crippen LogP contribution >= 0.6 is 11.8 Å². The summed E-state index contributed by atoms with van der Waals surface area (Å²) in [5.41, 5.74) is 2.00. The lowest BCUT2D eigenvalue weighted by molar-refractivity contribution is 0.292. The highest BCUT2D eigenvalue weighted by molar-refractivity contribution is 7.99. The van der Waals surface area contributed by atoms with Gasteiger partial charge in [0.2, 0.25) is 0 Å². The molecule has 0 radical (unpaired) electrons. The predicted octanol–water partition coefficient (Wildman–Crippen LogP) is 4.56. The van der Waals surface area contributed by atoms with Gasteiger partial charge in [0.1, 0.15) is 11.6 Å². The number of benzene rings is 1. The molecule has 4 aromatic rings. The average molecular weight is 419 g/mol. The van der Waals surface area contributed by atoms with E-state index < -0.39 is 0 Å². The molecule has 0 atom stereocenters. The van der Waals surface area contributed by atoms with E-state index in [1.54, 1.807) is 18.0 Å². The van der Waals surface area contributed by atoms with E-state index in [-0.39, 0.29) is 6.61 Å². The second-order valence-electron chi connectivity index (χ2n) is 6.53. The van der Waals surface area contributed by atoms with Crippen molar-refractivity contribution in [2.24, 2.45) is 0 Å². The molecule has 3 heterocycles. The van der Waals surface area contributed by atoms with Crippen molar-refractivity contribution in [1.29, 1.82) is 0 Å². The molecule has 0 spiro atoms. The fraction of sp³-hybridized carbons (Fsp3) is 0.136. The van der Waals surface area contributed by atoms with Gasteiger partial charge in [-0.3, -0.25) is 10.1 Å². The van der Waals surface area contributed by atoms with Crippen molar-refractivity contribution in [3.63, 3.8) is 0 Å². The van der Waals surface area contributed by atoms with Crippen LogP contribution in [0.3, 0.4) is 0 Å². The molecule has 4 N–H and O–H groups in total. The fourth-order valence-electron chi connectivity index (χ4n) is 2.84. The van der Waals surface area contributed by atoms with E-state index in [9.17, 15) is 0 Å². The average Bonchev–Trinajstić information content (AvgIpc) is 3.24. The van der Waals surface area contributed by atoms with Crippen molar-refractivity contribution >= 4 is 29.2 Å². The van der Waals surface area contributed by atoms with Crippen molar-refractivity contribution < 1.29 is 5.11 Å². The Morgan fingerprint density at radius 1 is 0.933 bits per heavy atom. The maximum atomic E-state index is 9.04. The van der Waals surface area contributed by atoms with Crippen LogP contribution in [0.4, 0.5) is 17.5 Å². The smallest absolute Gasteiger partial charge is 0.153 e. The topological polar surface area (TPSA) is 98.8 Å². The second-order valence-corrected chi connectivity index (χ2v) is 7.67. The Bertz CT molecular complexity index is 1070. The summed E-state index contributed by atoms with van der Waals surface area (Å²) in [4.78, 5) is 10.9. The summed E-state index contributed by atoms with van der Waals surface area (Å²) in [5.74, 6) is 2.10. The Hall–Kier alpha value is -3.36. The molecule has 152 valence electrons. The number of rotatable bonds is 9. The van der Waals surface area contributed by atoms with Crippen LogP contribution in [-0.4, -0.2) is 38.4 Å². The first-order valence-electron chi connectivity index (χ1n) is 9.63. The molecule has 0 fully saturated rings. The van der Waals surface area contributed by atoms with Gasteiger partial charge in [0.05, 0.1) is 5.69 Å². The zero-order chi connectivity index (χ0) is 20.6. The van der Waals surface area contributed by atoms with Gasteiger partial charge in [-0.15, -0.1) is 0 Å². The van der Waals surface area contributed by atoms with E-state index in [1.165, 1.54) is 0 Å². The van der Waals surface area contributed by atoms with Crippen molar-refractivity contribution in [3.8, 4) is 11.3 Å². The number of pyridine rings is 2. The molecule has 0 saturated carbocycles. The number of hydrogen-bond acceptors (Lipinski definition) is 7. The van der Waals surface area contributed by atoms with Crippen LogP contribution in [0.25, 0.3) is 11.3 Å². The van der Waals surface area contributed by atoms with Crippen LogP contribution in [0.1, 0.15) is 6.42 Å². The molecular formula is C22H22N6OS. The van der Waals surface area contributed by atoms with E-state index >= 15 is 0 Å². The Balaban J connectivity index is 1.55. The van der Waals surface area contributed by atoms with Gasteiger partial charge < -0.3 is 15.7 Å². The van der Waals surface area contributed by atoms with Crippen LogP contribution in [0.15, 0.2) is 82.8 Å². The van der Waals surface area contributed by atoms with Crippen LogP contribution in [0, 0.1) is 0 Å². The molecule has 0 saturated heterocycles. The van der Waals surface area contributed by atoms with Crippen LogP contribution < -0.4 is 10.6 Å². The molecule has 0 bridgehead atoms. The summed E-state index contributed by atoms with van der Waals surface area (Å²) >= 11 is 1.61. The normalized spacial score (nSPS) is 10.7. The number of aliphatic hydroxyl groups is 1. The zero-order valence-electron chi connectivity index (χ0n) is 16.2. The number of aliphatic hydroxyl groups excluding tert-OH is 1. The summed E-state index contributed by atoms with van der Waals surface area (Å²) in [6.07, 6.45) is 4.24. The van der Waals surface area contributed by atoms with E-state index in [1.807, 2.05) is 66.9 Å². The van der Waals surface area contributed by atoms with Crippen molar-refractivity contribution in [2.75, 3.05) is 23.8 Å². The molecule has 3 aromatic heterocycles. The lowest BCUT2D eigenvalue weighted by atomic mass is 10.2.